The lowest BCUT2D eigenvalue weighted by molar-refractivity contribution is -0.114. The molecule has 4 rings (SSSR count). The van der Waals surface area contributed by atoms with E-state index in [-0.39, 0.29) is 28.3 Å². The zero-order valence-corrected chi connectivity index (χ0v) is 21.2. The number of rotatable bonds is 9. The molecule has 0 bridgehead atoms. The van der Waals surface area contributed by atoms with Crippen LogP contribution in [0.5, 0.6) is 17.2 Å². The van der Waals surface area contributed by atoms with Crippen molar-refractivity contribution in [2.75, 3.05) is 30.2 Å². The molecule has 196 valence electrons. The van der Waals surface area contributed by atoms with Crippen molar-refractivity contribution >= 4 is 46.2 Å². The van der Waals surface area contributed by atoms with Gasteiger partial charge in [-0.05, 0) is 60.2 Å². The lowest BCUT2D eigenvalue weighted by atomic mass is 10.2. The molecule has 1 N–H and O–H groups in total. The van der Waals surface area contributed by atoms with Crippen molar-refractivity contribution in [3.63, 3.8) is 0 Å². The van der Waals surface area contributed by atoms with Crippen molar-refractivity contribution < 1.29 is 32.6 Å². The number of alkyl halides is 2. The highest BCUT2D eigenvalue weighted by atomic mass is 32.2. The van der Waals surface area contributed by atoms with E-state index in [1.54, 1.807) is 61.7 Å². The third-order valence-corrected chi connectivity index (χ3v) is 6.22. The van der Waals surface area contributed by atoms with E-state index in [9.17, 15) is 18.4 Å². The second-order valence-electron chi connectivity index (χ2n) is 7.75. The molecule has 0 saturated carbocycles. The van der Waals surface area contributed by atoms with Crippen LogP contribution in [0.4, 0.5) is 20.2 Å². The van der Waals surface area contributed by atoms with Crippen LogP contribution >= 0.6 is 11.8 Å². The summed E-state index contributed by atoms with van der Waals surface area (Å²) >= 11 is 1.06. The molecule has 1 aliphatic rings. The molecule has 0 atom stereocenters. The highest BCUT2D eigenvalue weighted by Gasteiger charge is 2.32. The van der Waals surface area contributed by atoms with Crippen LogP contribution in [-0.4, -0.2) is 43.6 Å². The molecule has 3 aromatic carbocycles. The van der Waals surface area contributed by atoms with Crippen molar-refractivity contribution in [2.45, 2.75) is 6.61 Å². The molecule has 0 unspecified atom stereocenters. The Morgan fingerprint density at radius 1 is 1.00 bits per heavy atom. The van der Waals surface area contributed by atoms with Gasteiger partial charge in [0.2, 0.25) is 5.91 Å². The van der Waals surface area contributed by atoms with Crippen molar-refractivity contribution in [2.24, 2.45) is 4.99 Å². The summed E-state index contributed by atoms with van der Waals surface area (Å²) in [6.45, 7) is -2.97. The minimum absolute atomic E-state index is 0.0493. The first kappa shape index (κ1) is 26.7. The summed E-state index contributed by atoms with van der Waals surface area (Å²) in [7, 11) is 3.06. The molecule has 0 radical (unpaired) electrons. The molecule has 2 amide bonds. The van der Waals surface area contributed by atoms with Gasteiger partial charge in [-0.25, -0.2) is 4.99 Å². The summed E-state index contributed by atoms with van der Waals surface area (Å²) in [5.41, 5.74) is 1.76. The van der Waals surface area contributed by atoms with Crippen LogP contribution in [0.2, 0.25) is 0 Å². The van der Waals surface area contributed by atoms with E-state index in [0.29, 0.717) is 22.9 Å². The molecule has 8 nitrogen and oxygen atoms in total. The van der Waals surface area contributed by atoms with E-state index in [0.717, 1.165) is 17.3 Å². The maximum absolute atomic E-state index is 13.4. The van der Waals surface area contributed by atoms with Gasteiger partial charge in [0, 0.05) is 0 Å². The molecule has 11 heteroatoms. The van der Waals surface area contributed by atoms with E-state index >= 15 is 0 Å². The van der Waals surface area contributed by atoms with Gasteiger partial charge in [-0.3, -0.25) is 14.5 Å². The number of halogens is 2. The highest BCUT2D eigenvalue weighted by Crippen LogP contribution is 2.31. The smallest absolute Gasteiger partial charge is 0.387 e. The molecule has 0 aromatic heterocycles. The summed E-state index contributed by atoms with van der Waals surface area (Å²) in [5, 5.41) is 3.04. The van der Waals surface area contributed by atoms with Gasteiger partial charge >= 0.3 is 6.61 Å². The van der Waals surface area contributed by atoms with Gasteiger partial charge in [-0.1, -0.05) is 36.0 Å². The number of para-hydroxylation sites is 2. The zero-order valence-electron chi connectivity index (χ0n) is 20.4. The zero-order chi connectivity index (χ0) is 27.1. The number of nitrogens with one attached hydrogen (secondary N) is 1. The lowest BCUT2D eigenvalue weighted by Gasteiger charge is -2.18. The number of amides is 2. The van der Waals surface area contributed by atoms with Gasteiger partial charge in [0.1, 0.15) is 22.9 Å². The van der Waals surface area contributed by atoms with E-state index in [2.05, 4.69) is 15.0 Å². The first-order chi connectivity index (χ1) is 18.4. The number of nitrogens with zero attached hydrogens (tertiary/aromatic N) is 2. The van der Waals surface area contributed by atoms with Crippen LogP contribution in [0, 0.1) is 0 Å². The number of aliphatic imine (C=N–C) groups is 1. The second-order valence-corrected chi connectivity index (χ2v) is 8.69. The van der Waals surface area contributed by atoms with Gasteiger partial charge in [0.25, 0.3) is 5.91 Å². The van der Waals surface area contributed by atoms with Crippen LogP contribution in [0.3, 0.4) is 0 Å². The van der Waals surface area contributed by atoms with Crippen LogP contribution < -0.4 is 24.4 Å². The van der Waals surface area contributed by atoms with Crippen molar-refractivity contribution in [3.05, 3.63) is 84.1 Å². The molecule has 1 aliphatic heterocycles. The third-order valence-electron chi connectivity index (χ3n) is 5.28. The Kier molecular flexibility index (Phi) is 8.59. The maximum atomic E-state index is 13.4. The minimum atomic E-state index is -2.97. The fourth-order valence-corrected chi connectivity index (χ4v) is 4.33. The number of hydrogen-bond donors (Lipinski definition) is 1. The number of amidine groups is 1. The van der Waals surface area contributed by atoms with Gasteiger partial charge < -0.3 is 19.5 Å². The maximum Gasteiger partial charge on any atom is 0.387 e. The quantitative estimate of drug-likeness (QED) is 0.365. The Morgan fingerprint density at radius 3 is 2.34 bits per heavy atom. The number of methoxy groups -OCH3 is 2. The van der Waals surface area contributed by atoms with Crippen molar-refractivity contribution in [1.29, 1.82) is 0 Å². The van der Waals surface area contributed by atoms with Gasteiger partial charge in [-0.2, -0.15) is 8.78 Å². The van der Waals surface area contributed by atoms with Crippen LogP contribution in [-0.2, 0) is 9.59 Å². The Morgan fingerprint density at radius 2 is 1.68 bits per heavy atom. The predicted molar refractivity (Wildman–Crippen MR) is 143 cm³/mol. The molecule has 1 heterocycles. The van der Waals surface area contributed by atoms with Crippen molar-refractivity contribution in [1.82, 2.24) is 0 Å². The number of hydrogen-bond acceptors (Lipinski definition) is 7. The second kappa shape index (κ2) is 12.2. The van der Waals surface area contributed by atoms with E-state index in [1.165, 1.54) is 36.3 Å². The molecule has 38 heavy (non-hydrogen) atoms. The molecule has 0 fully saturated rings. The lowest BCUT2D eigenvalue weighted by Crippen LogP contribution is -2.31. The van der Waals surface area contributed by atoms with Crippen molar-refractivity contribution in [3.8, 4) is 17.2 Å². The van der Waals surface area contributed by atoms with Gasteiger partial charge in [0.15, 0.2) is 5.17 Å². The molecule has 3 aromatic rings. The molecular formula is C27H23F2N3O5S. The first-order valence-corrected chi connectivity index (χ1v) is 12.3. The number of carbonyl (C=O) groups is 2. The average molecular weight is 540 g/mol. The molecule has 0 saturated heterocycles. The number of benzene rings is 3. The van der Waals surface area contributed by atoms with Gasteiger partial charge in [-0.15, -0.1) is 0 Å². The Labute approximate surface area is 221 Å². The van der Waals surface area contributed by atoms with Crippen LogP contribution in [0.15, 0.2) is 83.5 Å². The summed E-state index contributed by atoms with van der Waals surface area (Å²) < 4.78 is 40.0. The Balaban J connectivity index is 1.57. The van der Waals surface area contributed by atoms with Crippen LogP contribution in [0.1, 0.15) is 5.56 Å². The fourth-order valence-electron chi connectivity index (χ4n) is 3.52. The predicted octanol–water partition coefficient (Wildman–Crippen LogP) is 5.42. The summed E-state index contributed by atoms with van der Waals surface area (Å²) in [4.78, 5) is 31.8. The topological polar surface area (TPSA) is 89.5 Å². The average Bonchev–Trinajstić information content (AvgIpc) is 3.23. The first-order valence-electron chi connectivity index (χ1n) is 11.3. The summed E-state index contributed by atoms with van der Waals surface area (Å²) in [6, 6.07) is 19.7. The number of anilines is 2. The summed E-state index contributed by atoms with van der Waals surface area (Å²) in [5.74, 6) is 0.309. The number of carbonyl (C=O) groups excluding carboxylic acids is 2. The van der Waals surface area contributed by atoms with Gasteiger partial charge in [0.05, 0.1) is 31.3 Å². The normalized spacial score (nSPS) is 14.0. The van der Waals surface area contributed by atoms with E-state index in [1.807, 2.05) is 0 Å². The molecular weight excluding hydrogens is 516 g/mol. The third kappa shape index (κ3) is 6.48. The largest absolute Gasteiger partial charge is 0.497 e. The van der Waals surface area contributed by atoms with E-state index < -0.39 is 12.5 Å². The fraction of sp³-hybridized carbons (Fsp3) is 0.148. The highest BCUT2D eigenvalue weighted by molar-refractivity contribution is 8.14. The SMILES string of the molecule is COc1ccc(C=C2N=C(SCC(=O)Nc3ccccc3OC)N(c3ccc(OC(F)F)cc3)C2=O)cc1. The molecule has 0 aliphatic carbocycles. The summed E-state index contributed by atoms with van der Waals surface area (Å²) in [6.07, 6.45) is 1.62. The standard InChI is InChI=1S/C27H23F2N3O5S/c1-35-19-11-7-17(8-12-19)15-22-25(34)32(18-9-13-20(14-10-18)37-26(28)29)27(31-22)38-16-24(33)30-21-5-3-4-6-23(21)36-2/h3-15,26H,16H2,1-2H3,(H,30,33). The monoisotopic (exact) mass is 539 g/mol. The van der Waals surface area contributed by atoms with Crippen LogP contribution in [0.25, 0.3) is 6.08 Å². The number of ether oxygens (including phenoxy) is 3. The molecule has 0 spiro atoms. The Bertz CT molecular complexity index is 1360. The Hall–Kier alpha value is -4.38. The number of thioether (sulfide) groups is 1. The van der Waals surface area contributed by atoms with E-state index in [4.69, 9.17) is 9.47 Å². The minimum Gasteiger partial charge on any atom is -0.497 e.